The molecule has 0 amide bonds. The number of rotatable bonds is 3. The van der Waals surface area contributed by atoms with Crippen molar-refractivity contribution in [2.75, 3.05) is 0 Å². The van der Waals surface area contributed by atoms with Crippen LogP contribution in [0.15, 0.2) is 35.6 Å². The van der Waals surface area contributed by atoms with Crippen molar-refractivity contribution in [3.8, 4) is 0 Å². The second-order valence-electron chi connectivity index (χ2n) is 2.26. The first-order chi connectivity index (χ1) is 5.24. The molecule has 0 bridgehead atoms. The van der Waals surface area contributed by atoms with E-state index in [0.29, 0.717) is 5.76 Å². The predicted octanol–water partition coefficient (Wildman–Crippen LogP) is 3.36. The van der Waals surface area contributed by atoms with Crippen molar-refractivity contribution in [3.05, 3.63) is 35.6 Å². The highest BCUT2D eigenvalue weighted by Gasteiger charge is 1.85. The molecule has 0 saturated carbocycles. The van der Waals surface area contributed by atoms with Crippen molar-refractivity contribution < 1.29 is 5.11 Å². The van der Waals surface area contributed by atoms with Gasteiger partial charge in [0.25, 0.3) is 0 Å². The molecule has 0 spiro atoms. The van der Waals surface area contributed by atoms with E-state index in [-0.39, 0.29) is 0 Å². The summed E-state index contributed by atoms with van der Waals surface area (Å²) in [5.41, 5.74) is 1.23. The van der Waals surface area contributed by atoms with E-state index in [1.165, 1.54) is 5.57 Å². The molecule has 0 aromatic rings. The second-order valence-corrected chi connectivity index (χ2v) is 2.26. The summed E-state index contributed by atoms with van der Waals surface area (Å²) in [4.78, 5) is 0. The third kappa shape index (κ3) is 4.43. The van der Waals surface area contributed by atoms with Gasteiger partial charge in [-0.1, -0.05) is 24.6 Å². The third-order valence-electron chi connectivity index (χ3n) is 1.54. The summed E-state index contributed by atoms with van der Waals surface area (Å²) in [6, 6.07) is 0. The highest BCUT2D eigenvalue weighted by atomic mass is 16.3. The minimum absolute atomic E-state index is 0.317. The van der Waals surface area contributed by atoms with Gasteiger partial charge in [-0.3, -0.25) is 0 Å². The molecule has 1 heteroatoms. The average molecular weight is 152 g/mol. The third-order valence-corrected chi connectivity index (χ3v) is 1.54. The first kappa shape index (κ1) is 10.0. The van der Waals surface area contributed by atoms with Crippen molar-refractivity contribution in [1.29, 1.82) is 0 Å². The summed E-state index contributed by atoms with van der Waals surface area (Å²) in [6.07, 6.45) is 8.34. The van der Waals surface area contributed by atoms with Gasteiger partial charge in [-0.25, -0.2) is 0 Å². The fraction of sp³-hybridized carbons (Fsp3) is 0.400. The summed E-state index contributed by atoms with van der Waals surface area (Å²) in [7, 11) is 0. The van der Waals surface area contributed by atoms with Gasteiger partial charge in [0.2, 0.25) is 0 Å². The van der Waals surface area contributed by atoms with Crippen LogP contribution >= 0.6 is 0 Å². The Bertz CT molecular complexity index is 185. The lowest BCUT2D eigenvalue weighted by Gasteiger charge is -1.93. The molecule has 0 aliphatic heterocycles. The van der Waals surface area contributed by atoms with E-state index in [2.05, 4.69) is 6.92 Å². The number of allylic oxidation sites excluding steroid dienone is 5. The van der Waals surface area contributed by atoms with Gasteiger partial charge < -0.3 is 5.11 Å². The first-order valence-electron chi connectivity index (χ1n) is 3.93. The Labute approximate surface area is 68.7 Å². The van der Waals surface area contributed by atoms with Crippen molar-refractivity contribution in [2.24, 2.45) is 0 Å². The first-order valence-corrected chi connectivity index (χ1v) is 3.93. The highest BCUT2D eigenvalue weighted by Crippen LogP contribution is 2.03. The van der Waals surface area contributed by atoms with Gasteiger partial charge in [-0.05, 0) is 32.4 Å². The van der Waals surface area contributed by atoms with Gasteiger partial charge in [-0.2, -0.15) is 0 Å². The molecule has 11 heavy (non-hydrogen) atoms. The van der Waals surface area contributed by atoms with E-state index in [0.717, 1.165) is 6.42 Å². The fourth-order valence-electron chi connectivity index (χ4n) is 0.707. The molecule has 1 N–H and O–H groups in total. The summed E-state index contributed by atoms with van der Waals surface area (Å²) >= 11 is 0. The van der Waals surface area contributed by atoms with Crippen LogP contribution in [0.5, 0.6) is 0 Å². The van der Waals surface area contributed by atoms with E-state index in [9.17, 15) is 0 Å². The monoisotopic (exact) mass is 152 g/mol. The normalized spacial score (nSPS) is 14.5. The van der Waals surface area contributed by atoms with Crippen LogP contribution in [-0.4, -0.2) is 5.11 Å². The Morgan fingerprint density at radius 3 is 2.18 bits per heavy atom. The summed E-state index contributed by atoms with van der Waals surface area (Å²) in [5, 5.41) is 9.04. The van der Waals surface area contributed by atoms with Gasteiger partial charge in [0.15, 0.2) is 0 Å². The molecule has 0 atom stereocenters. The lowest BCUT2D eigenvalue weighted by molar-refractivity contribution is 0.431. The Hall–Kier alpha value is -0.980. The molecule has 0 radical (unpaired) electrons. The fourth-order valence-corrected chi connectivity index (χ4v) is 0.707. The van der Waals surface area contributed by atoms with E-state index in [1.807, 2.05) is 19.1 Å². The van der Waals surface area contributed by atoms with Crippen LogP contribution in [0.25, 0.3) is 0 Å². The molecule has 0 aromatic carbocycles. The molecule has 62 valence electrons. The quantitative estimate of drug-likeness (QED) is 0.485. The second kappa shape index (κ2) is 5.78. The number of hydrogen-bond donors (Lipinski definition) is 1. The zero-order valence-corrected chi connectivity index (χ0v) is 7.46. The highest BCUT2D eigenvalue weighted by molar-refractivity contribution is 5.23. The minimum Gasteiger partial charge on any atom is -0.508 e. The molecular formula is C10H16O. The van der Waals surface area contributed by atoms with E-state index in [1.54, 1.807) is 19.1 Å². The number of aliphatic hydroxyl groups is 1. The molecule has 0 aliphatic rings. The van der Waals surface area contributed by atoms with Crippen LogP contribution in [0, 0.1) is 0 Å². The van der Waals surface area contributed by atoms with Crippen LogP contribution in [0.2, 0.25) is 0 Å². The molecular weight excluding hydrogens is 136 g/mol. The zero-order valence-electron chi connectivity index (χ0n) is 7.46. The smallest absolute Gasteiger partial charge is 0.111 e. The van der Waals surface area contributed by atoms with Crippen molar-refractivity contribution in [1.82, 2.24) is 0 Å². The van der Waals surface area contributed by atoms with Crippen LogP contribution in [0.1, 0.15) is 27.2 Å². The van der Waals surface area contributed by atoms with Gasteiger partial charge in [0.05, 0.1) is 0 Å². The maximum atomic E-state index is 9.04. The maximum Gasteiger partial charge on any atom is 0.111 e. The van der Waals surface area contributed by atoms with Crippen molar-refractivity contribution in [2.45, 2.75) is 27.2 Å². The van der Waals surface area contributed by atoms with Crippen molar-refractivity contribution >= 4 is 0 Å². The molecule has 0 aromatic heterocycles. The topological polar surface area (TPSA) is 20.2 Å². The predicted molar refractivity (Wildman–Crippen MR) is 49.6 cm³/mol. The van der Waals surface area contributed by atoms with Gasteiger partial charge in [0, 0.05) is 0 Å². The largest absolute Gasteiger partial charge is 0.508 e. The van der Waals surface area contributed by atoms with Crippen molar-refractivity contribution in [3.63, 3.8) is 0 Å². The number of aliphatic hydroxyl groups excluding tert-OH is 1. The Kier molecular flexibility index (Phi) is 5.26. The van der Waals surface area contributed by atoms with Crippen LogP contribution in [-0.2, 0) is 0 Å². The molecule has 0 rings (SSSR count). The Balaban J connectivity index is 4.12. The standard InChI is InChI=1S/C10H16O/c1-4-9(5-2)7-8-10(11)6-3/h4,6-8,11H,5H2,1-3H3/b8-7-,9-4-,10-6+. The molecule has 0 unspecified atom stereocenters. The van der Waals surface area contributed by atoms with Crippen LogP contribution in [0.4, 0.5) is 0 Å². The van der Waals surface area contributed by atoms with E-state index >= 15 is 0 Å². The summed E-state index contributed by atoms with van der Waals surface area (Å²) in [5.74, 6) is 0.317. The summed E-state index contributed by atoms with van der Waals surface area (Å²) < 4.78 is 0. The average Bonchev–Trinajstić information content (AvgIpc) is 2.06. The minimum atomic E-state index is 0.317. The Morgan fingerprint density at radius 1 is 1.18 bits per heavy atom. The lowest BCUT2D eigenvalue weighted by atomic mass is 10.2. The molecule has 1 nitrogen and oxygen atoms in total. The van der Waals surface area contributed by atoms with Gasteiger partial charge in [0.1, 0.15) is 5.76 Å². The molecule has 0 aliphatic carbocycles. The number of hydrogen-bond acceptors (Lipinski definition) is 1. The van der Waals surface area contributed by atoms with Gasteiger partial charge in [-0.15, -0.1) is 0 Å². The molecule has 0 heterocycles. The molecule has 0 fully saturated rings. The van der Waals surface area contributed by atoms with Gasteiger partial charge >= 0.3 is 0 Å². The van der Waals surface area contributed by atoms with Crippen LogP contribution in [0.3, 0.4) is 0 Å². The lowest BCUT2D eigenvalue weighted by Crippen LogP contribution is -1.75. The van der Waals surface area contributed by atoms with E-state index < -0.39 is 0 Å². The maximum absolute atomic E-state index is 9.04. The zero-order chi connectivity index (χ0) is 8.69. The van der Waals surface area contributed by atoms with E-state index in [4.69, 9.17) is 5.11 Å². The Morgan fingerprint density at radius 2 is 1.82 bits per heavy atom. The summed E-state index contributed by atoms with van der Waals surface area (Å²) in [6.45, 7) is 5.89. The SMILES string of the molecule is C\C=C(/C=C\C(O)=C/C)CC. The van der Waals surface area contributed by atoms with Crippen LogP contribution < -0.4 is 0 Å². The molecule has 0 saturated heterocycles.